The maximum Gasteiger partial charge on any atom is -0.0146 e. The van der Waals surface area contributed by atoms with Crippen molar-refractivity contribution in [3.05, 3.63) is 24.3 Å². The summed E-state index contributed by atoms with van der Waals surface area (Å²) < 4.78 is 0. The molecule has 0 aliphatic heterocycles. The van der Waals surface area contributed by atoms with E-state index in [4.69, 9.17) is 0 Å². The third-order valence-electron chi connectivity index (χ3n) is 4.86. The summed E-state index contributed by atoms with van der Waals surface area (Å²) in [6.07, 6.45) is 8.11. The topological polar surface area (TPSA) is 0 Å². The fourth-order valence-electron chi connectivity index (χ4n) is 3.66. The molecule has 2 fully saturated rings. The van der Waals surface area contributed by atoms with E-state index in [2.05, 4.69) is 27.0 Å². The largest absolute Gasteiger partial charge is 0.0999 e. The van der Waals surface area contributed by atoms with Gasteiger partial charge < -0.3 is 0 Å². The van der Waals surface area contributed by atoms with Crippen LogP contribution in [0.5, 0.6) is 0 Å². The van der Waals surface area contributed by atoms with Gasteiger partial charge >= 0.3 is 0 Å². The van der Waals surface area contributed by atoms with Gasteiger partial charge in [-0.25, -0.2) is 0 Å². The van der Waals surface area contributed by atoms with Crippen molar-refractivity contribution in [1.82, 2.24) is 0 Å². The summed E-state index contributed by atoms with van der Waals surface area (Å²) in [5.74, 6) is 1.54. The highest BCUT2D eigenvalue weighted by Gasteiger charge is 2.42. The Kier molecular flexibility index (Phi) is 2.79. The average Bonchev–Trinajstić information content (AvgIpc) is 2.17. The first kappa shape index (κ1) is 11.0. The molecule has 0 spiro atoms. The van der Waals surface area contributed by atoms with Gasteiger partial charge in [0, 0.05) is 0 Å². The van der Waals surface area contributed by atoms with Crippen molar-refractivity contribution < 1.29 is 0 Å². The van der Waals surface area contributed by atoms with Crippen molar-refractivity contribution in [2.45, 2.75) is 52.4 Å². The summed E-state index contributed by atoms with van der Waals surface area (Å²) in [6.45, 7) is 13.1. The van der Waals surface area contributed by atoms with Crippen LogP contribution in [-0.4, -0.2) is 0 Å². The predicted octanol–water partition coefficient (Wildman–Crippen LogP) is 4.73. The molecular formula is C15H24. The first-order valence-corrected chi connectivity index (χ1v) is 6.36. The molecule has 0 amide bonds. The summed E-state index contributed by atoms with van der Waals surface area (Å²) in [6, 6.07) is 0. The molecule has 0 heterocycles. The third kappa shape index (κ3) is 1.91. The van der Waals surface area contributed by atoms with Crippen molar-refractivity contribution in [3.63, 3.8) is 0 Å². The van der Waals surface area contributed by atoms with Crippen LogP contribution >= 0.6 is 0 Å². The van der Waals surface area contributed by atoms with Crippen LogP contribution in [0.1, 0.15) is 52.4 Å². The second-order valence-electron chi connectivity index (χ2n) is 6.04. The zero-order valence-corrected chi connectivity index (χ0v) is 10.3. The second kappa shape index (κ2) is 3.81. The standard InChI is InChI=1S/C15H24/c1-11(2)13-7-9-15(4)8-5-6-12(3)14(15)10-13/h13-14H,1,3,5-10H2,2,4H3/t13?,14-,15+/m0/s1. The van der Waals surface area contributed by atoms with Crippen molar-refractivity contribution in [2.24, 2.45) is 17.3 Å². The third-order valence-corrected chi connectivity index (χ3v) is 4.86. The molecule has 0 saturated heterocycles. The summed E-state index contributed by atoms with van der Waals surface area (Å²) in [5.41, 5.74) is 3.48. The molecule has 15 heavy (non-hydrogen) atoms. The van der Waals surface area contributed by atoms with Crippen molar-refractivity contribution in [3.8, 4) is 0 Å². The molecule has 0 nitrogen and oxygen atoms in total. The molecule has 1 unspecified atom stereocenters. The fourth-order valence-corrected chi connectivity index (χ4v) is 3.66. The molecule has 2 rings (SSSR count). The second-order valence-corrected chi connectivity index (χ2v) is 6.04. The number of rotatable bonds is 1. The molecule has 0 aromatic heterocycles. The van der Waals surface area contributed by atoms with E-state index < -0.39 is 0 Å². The average molecular weight is 204 g/mol. The lowest BCUT2D eigenvalue weighted by Crippen LogP contribution is -2.38. The van der Waals surface area contributed by atoms with Crippen molar-refractivity contribution >= 4 is 0 Å². The Hall–Kier alpha value is -0.520. The van der Waals surface area contributed by atoms with Crippen LogP contribution in [-0.2, 0) is 0 Å². The van der Waals surface area contributed by atoms with Crippen LogP contribution in [0.3, 0.4) is 0 Å². The molecule has 0 aromatic carbocycles. The van der Waals surface area contributed by atoms with Gasteiger partial charge in [-0.15, -0.1) is 0 Å². The van der Waals surface area contributed by atoms with E-state index in [1.807, 2.05) is 0 Å². The molecule has 2 saturated carbocycles. The van der Waals surface area contributed by atoms with Crippen LogP contribution in [0.2, 0.25) is 0 Å². The Morgan fingerprint density at radius 1 is 1.40 bits per heavy atom. The molecule has 2 aliphatic rings. The molecule has 0 heteroatoms. The molecule has 3 atom stereocenters. The Bertz CT molecular complexity index is 286. The van der Waals surface area contributed by atoms with Gasteiger partial charge in [-0.2, -0.15) is 0 Å². The number of fused-ring (bicyclic) bond motifs is 1. The lowest BCUT2D eigenvalue weighted by Gasteiger charge is -2.49. The zero-order chi connectivity index (χ0) is 11.1. The van der Waals surface area contributed by atoms with Crippen LogP contribution in [0.25, 0.3) is 0 Å². The van der Waals surface area contributed by atoms with Gasteiger partial charge in [-0.3, -0.25) is 0 Å². The van der Waals surface area contributed by atoms with Crippen LogP contribution in [0, 0.1) is 17.3 Å². The van der Waals surface area contributed by atoms with E-state index in [1.54, 1.807) is 0 Å². The maximum atomic E-state index is 4.31. The van der Waals surface area contributed by atoms with E-state index in [0.717, 1.165) is 11.8 Å². The minimum absolute atomic E-state index is 0.571. The van der Waals surface area contributed by atoms with Crippen LogP contribution < -0.4 is 0 Å². The van der Waals surface area contributed by atoms with Crippen LogP contribution in [0.15, 0.2) is 24.3 Å². The first-order chi connectivity index (χ1) is 7.03. The quantitative estimate of drug-likeness (QED) is 0.542. The smallest absolute Gasteiger partial charge is 0.0146 e. The van der Waals surface area contributed by atoms with Gasteiger partial charge in [0.1, 0.15) is 0 Å². The summed E-state index contributed by atoms with van der Waals surface area (Å²) in [4.78, 5) is 0. The Morgan fingerprint density at radius 2 is 2.13 bits per heavy atom. The van der Waals surface area contributed by atoms with E-state index in [-0.39, 0.29) is 0 Å². The highest BCUT2D eigenvalue weighted by Crippen LogP contribution is 2.54. The summed E-state index contributed by atoms with van der Waals surface area (Å²) >= 11 is 0. The van der Waals surface area contributed by atoms with Gasteiger partial charge in [0.2, 0.25) is 0 Å². The Morgan fingerprint density at radius 3 is 2.80 bits per heavy atom. The molecule has 0 radical (unpaired) electrons. The van der Waals surface area contributed by atoms with E-state index in [9.17, 15) is 0 Å². The van der Waals surface area contributed by atoms with Gasteiger partial charge in [-0.1, -0.05) is 31.2 Å². The number of hydrogen-bond acceptors (Lipinski definition) is 0. The number of hydrogen-bond donors (Lipinski definition) is 0. The number of allylic oxidation sites excluding steroid dienone is 2. The molecule has 2 aliphatic carbocycles. The highest BCUT2D eigenvalue weighted by molar-refractivity contribution is 5.15. The monoisotopic (exact) mass is 204 g/mol. The molecule has 84 valence electrons. The minimum atomic E-state index is 0.571. The van der Waals surface area contributed by atoms with Gasteiger partial charge in [-0.05, 0) is 62.7 Å². The Balaban J connectivity index is 2.16. The Labute approximate surface area is 94.5 Å². The summed E-state index contributed by atoms with van der Waals surface area (Å²) in [7, 11) is 0. The predicted molar refractivity (Wildman–Crippen MR) is 66.7 cm³/mol. The van der Waals surface area contributed by atoms with E-state index >= 15 is 0 Å². The minimum Gasteiger partial charge on any atom is -0.0999 e. The molecule has 0 N–H and O–H groups in total. The molecular weight excluding hydrogens is 180 g/mol. The normalized spacial score (nSPS) is 41.1. The van der Waals surface area contributed by atoms with Gasteiger partial charge in [0.25, 0.3) is 0 Å². The maximum absolute atomic E-state index is 4.31. The van der Waals surface area contributed by atoms with Gasteiger partial charge in [0.15, 0.2) is 0 Å². The SMILES string of the molecule is C=C(C)C1CC[C@@]2(C)CCCC(=C)[C@@H]2C1. The molecule has 0 bridgehead atoms. The van der Waals surface area contributed by atoms with E-state index in [0.29, 0.717) is 5.41 Å². The molecule has 0 aromatic rings. The lowest BCUT2D eigenvalue weighted by atomic mass is 9.56. The van der Waals surface area contributed by atoms with Crippen molar-refractivity contribution in [2.75, 3.05) is 0 Å². The van der Waals surface area contributed by atoms with Crippen LogP contribution in [0.4, 0.5) is 0 Å². The first-order valence-electron chi connectivity index (χ1n) is 6.36. The zero-order valence-electron chi connectivity index (χ0n) is 10.3. The highest BCUT2D eigenvalue weighted by atomic mass is 14.5. The van der Waals surface area contributed by atoms with Gasteiger partial charge in [0.05, 0.1) is 0 Å². The fraction of sp³-hybridized carbons (Fsp3) is 0.733. The van der Waals surface area contributed by atoms with Crippen molar-refractivity contribution in [1.29, 1.82) is 0 Å². The summed E-state index contributed by atoms with van der Waals surface area (Å²) in [5, 5.41) is 0. The van der Waals surface area contributed by atoms with E-state index in [1.165, 1.54) is 49.7 Å². The lowest BCUT2D eigenvalue weighted by molar-refractivity contribution is 0.0832.